The lowest BCUT2D eigenvalue weighted by Gasteiger charge is -2.04. The summed E-state index contributed by atoms with van der Waals surface area (Å²) in [6, 6.07) is 8.25. The Morgan fingerprint density at radius 1 is 1.18 bits per heavy atom. The molecule has 0 atom stereocenters. The van der Waals surface area contributed by atoms with Gasteiger partial charge >= 0.3 is 0 Å². The Hall–Kier alpha value is -1.90. The molecule has 0 saturated heterocycles. The molecule has 0 unspecified atom stereocenters. The predicted molar refractivity (Wildman–Crippen MR) is 68.1 cm³/mol. The highest BCUT2D eigenvalue weighted by atomic mass is 16.1. The molecule has 0 aliphatic rings. The Bertz CT molecular complexity index is 565. The van der Waals surface area contributed by atoms with Gasteiger partial charge in [0, 0.05) is 25.1 Å². The summed E-state index contributed by atoms with van der Waals surface area (Å²) in [6.45, 7) is 5.55. The van der Waals surface area contributed by atoms with Gasteiger partial charge in [0.25, 0.3) is 0 Å². The summed E-state index contributed by atoms with van der Waals surface area (Å²) in [6.07, 6.45) is 0. The third-order valence-electron chi connectivity index (χ3n) is 2.94. The minimum atomic E-state index is 0.0106. The van der Waals surface area contributed by atoms with Crippen LogP contribution in [-0.2, 0) is 7.05 Å². The van der Waals surface area contributed by atoms with Gasteiger partial charge in [0.05, 0.1) is 5.69 Å². The van der Waals surface area contributed by atoms with Crippen LogP contribution < -0.4 is 0 Å². The minimum absolute atomic E-state index is 0.0106. The van der Waals surface area contributed by atoms with Gasteiger partial charge in [-0.05, 0) is 13.8 Å². The number of hydrogen-bond donors (Lipinski definition) is 0. The molecule has 1 aromatic carbocycles. The van der Waals surface area contributed by atoms with E-state index in [0.29, 0.717) is 5.69 Å². The van der Waals surface area contributed by atoms with Crippen LogP contribution >= 0.6 is 0 Å². The normalized spacial score (nSPS) is 10.6. The topological polar surface area (TPSA) is 34.9 Å². The van der Waals surface area contributed by atoms with Crippen molar-refractivity contribution >= 4 is 5.78 Å². The van der Waals surface area contributed by atoms with Crippen LogP contribution in [0, 0.1) is 13.8 Å². The molecule has 0 N–H and O–H groups in total. The fourth-order valence-corrected chi connectivity index (χ4v) is 2.08. The minimum Gasteiger partial charge on any atom is -0.293 e. The fraction of sp³-hybridized carbons (Fsp3) is 0.286. The van der Waals surface area contributed by atoms with Crippen molar-refractivity contribution in [2.45, 2.75) is 20.8 Å². The summed E-state index contributed by atoms with van der Waals surface area (Å²) in [7, 11) is 1.87. The first kappa shape index (κ1) is 11.6. The molecule has 0 aliphatic carbocycles. The Balaban J connectivity index is 2.59. The standard InChI is InChI=1S/C14H16N2O/c1-9-5-7-12(8-6-9)14-10(2)13(11(3)17)15-16(14)4/h5-8H,1-4H3. The van der Waals surface area contributed by atoms with E-state index >= 15 is 0 Å². The number of aromatic nitrogens is 2. The molecular weight excluding hydrogens is 212 g/mol. The number of ketones is 1. The second kappa shape index (κ2) is 4.17. The number of aryl methyl sites for hydroxylation is 2. The average Bonchev–Trinajstić information content (AvgIpc) is 2.56. The number of carbonyl (C=O) groups excluding carboxylic acids is 1. The molecule has 1 heterocycles. The second-order valence-corrected chi connectivity index (χ2v) is 4.37. The summed E-state index contributed by atoms with van der Waals surface area (Å²) in [5.74, 6) is 0.0106. The van der Waals surface area contributed by atoms with Gasteiger partial charge in [-0.3, -0.25) is 9.48 Å². The van der Waals surface area contributed by atoms with Gasteiger partial charge in [0.15, 0.2) is 5.78 Å². The second-order valence-electron chi connectivity index (χ2n) is 4.37. The van der Waals surface area contributed by atoms with Gasteiger partial charge in [-0.1, -0.05) is 29.8 Å². The summed E-state index contributed by atoms with van der Waals surface area (Å²) >= 11 is 0. The van der Waals surface area contributed by atoms with Crippen LogP contribution in [0.25, 0.3) is 11.3 Å². The van der Waals surface area contributed by atoms with Gasteiger partial charge < -0.3 is 0 Å². The smallest absolute Gasteiger partial charge is 0.180 e. The van der Waals surface area contributed by atoms with Gasteiger partial charge in [0.1, 0.15) is 5.69 Å². The molecular formula is C14H16N2O. The molecule has 0 spiro atoms. The number of Topliss-reactive ketones (excluding diaryl/α,β-unsaturated/α-hetero) is 1. The molecule has 0 radical (unpaired) electrons. The van der Waals surface area contributed by atoms with Gasteiger partial charge in [-0.2, -0.15) is 5.10 Å². The highest BCUT2D eigenvalue weighted by Crippen LogP contribution is 2.25. The monoisotopic (exact) mass is 228 g/mol. The molecule has 0 saturated carbocycles. The van der Waals surface area contributed by atoms with E-state index in [9.17, 15) is 4.79 Å². The van der Waals surface area contributed by atoms with E-state index in [0.717, 1.165) is 16.8 Å². The zero-order valence-electron chi connectivity index (χ0n) is 10.6. The van der Waals surface area contributed by atoms with Crippen molar-refractivity contribution in [3.8, 4) is 11.3 Å². The van der Waals surface area contributed by atoms with Crippen LogP contribution in [0.15, 0.2) is 24.3 Å². The van der Waals surface area contributed by atoms with Gasteiger partial charge in [-0.25, -0.2) is 0 Å². The number of rotatable bonds is 2. The lowest BCUT2D eigenvalue weighted by atomic mass is 10.0. The zero-order chi connectivity index (χ0) is 12.6. The van der Waals surface area contributed by atoms with E-state index in [1.807, 2.05) is 14.0 Å². The Kier molecular flexibility index (Phi) is 2.84. The van der Waals surface area contributed by atoms with E-state index in [1.54, 1.807) is 11.6 Å². The fourth-order valence-electron chi connectivity index (χ4n) is 2.08. The Morgan fingerprint density at radius 3 is 2.24 bits per heavy atom. The molecule has 2 rings (SSSR count). The quantitative estimate of drug-likeness (QED) is 0.741. The summed E-state index contributed by atoms with van der Waals surface area (Å²) in [5, 5.41) is 4.28. The molecule has 2 aromatic rings. The van der Waals surface area contributed by atoms with Gasteiger partial charge in [-0.15, -0.1) is 0 Å². The van der Waals surface area contributed by atoms with Crippen LogP contribution in [-0.4, -0.2) is 15.6 Å². The van der Waals surface area contributed by atoms with Crippen LogP contribution in [0.2, 0.25) is 0 Å². The molecule has 1 aromatic heterocycles. The first-order valence-corrected chi connectivity index (χ1v) is 5.62. The molecule has 0 fully saturated rings. The lowest BCUT2D eigenvalue weighted by Crippen LogP contribution is -1.97. The van der Waals surface area contributed by atoms with Crippen LogP contribution in [0.1, 0.15) is 28.5 Å². The average molecular weight is 228 g/mol. The summed E-state index contributed by atoms with van der Waals surface area (Å²) in [4.78, 5) is 11.4. The van der Waals surface area contributed by atoms with Crippen LogP contribution in [0.5, 0.6) is 0 Å². The molecule has 0 amide bonds. The van der Waals surface area contributed by atoms with E-state index in [-0.39, 0.29) is 5.78 Å². The SMILES string of the molecule is CC(=O)c1nn(C)c(-c2ccc(C)cc2)c1C. The Morgan fingerprint density at radius 2 is 1.76 bits per heavy atom. The van der Waals surface area contributed by atoms with E-state index < -0.39 is 0 Å². The third-order valence-corrected chi connectivity index (χ3v) is 2.94. The number of benzene rings is 1. The number of hydrogen-bond acceptors (Lipinski definition) is 2. The highest BCUT2D eigenvalue weighted by Gasteiger charge is 2.16. The molecule has 3 nitrogen and oxygen atoms in total. The van der Waals surface area contributed by atoms with Crippen LogP contribution in [0.3, 0.4) is 0 Å². The maximum atomic E-state index is 11.4. The van der Waals surface area contributed by atoms with E-state index in [2.05, 4.69) is 36.3 Å². The van der Waals surface area contributed by atoms with Crippen LogP contribution in [0.4, 0.5) is 0 Å². The predicted octanol–water partition coefficient (Wildman–Crippen LogP) is 2.91. The lowest BCUT2D eigenvalue weighted by molar-refractivity contribution is 0.101. The van der Waals surface area contributed by atoms with Crippen molar-refractivity contribution in [3.63, 3.8) is 0 Å². The molecule has 88 valence electrons. The first-order chi connectivity index (χ1) is 8.00. The van der Waals surface area contributed by atoms with Crippen molar-refractivity contribution in [3.05, 3.63) is 41.1 Å². The van der Waals surface area contributed by atoms with E-state index in [4.69, 9.17) is 0 Å². The Labute approximate surface area is 101 Å². The van der Waals surface area contributed by atoms with E-state index in [1.165, 1.54) is 5.56 Å². The highest BCUT2D eigenvalue weighted by molar-refractivity contribution is 5.95. The molecule has 17 heavy (non-hydrogen) atoms. The molecule has 3 heteroatoms. The van der Waals surface area contributed by atoms with Crippen molar-refractivity contribution in [1.29, 1.82) is 0 Å². The maximum absolute atomic E-state index is 11.4. The van der Waals surface area contributed by atoms with Crippen molar-refractivity contribution in [2.24, 2.45) is 7.05 Å². The summed E-state index contributed by atoms with van der Waals surface area (Å²) < 4.78 is 1.77. The number of carbonyl (C=O) groups is 1. The van der Waals surface area contributed by atoms with Crippen molar-refractivity contribution in [1.82, 2.24) is 9.78 Å². The first-order valence-electron chi connectivity index (χ1n) is 5.62. The van der Waals surface area contributed by atoms with Gasteiger partial charge in [0.2, 0.25) is 0 Å². The van der Waals surface area contributed by atoms with Crippen molar-refractivity contribution in [2.75, 3.05) is 0 Å². The zero-order valence-corrected chi connectivity index (χ0v) is 10.6. The number of nitrogens with zero attached hydrogens (tertiary/aromatic N) is 2. The van der Waals surface area contributed by atoms with Crippen molar-refractivity contribution < 1.29 is 4.79 Å². The summed E-state index contributed by atoms with van der Waals surface area (Å²) in [5.41, 5.74) is 4.83. The molecule has 0 aliphatic heterocycles. The maximum Gasteiger partial charge on any atom is 0.180 e. The third kappa shape index (κ3) is 2.00. The largest absolute Gasteiger partial charge is 0.293 e. The molecule has 0 bridgehead atoms.